The van der Waals surface area contributed by atoms with Gasteiger partial charge in [-0.2, -0.15) is 0 Å². The topological polar surface area (TPSA) is 0 Å². The summed E-state index contributed by atoms with van der Waals surface area (Å²) in [6, 6.07) is 0. The van der Waals surface area contributed by atoms with Crippen molar-refractivity contribution >= 4 is 8.07 Å². The van der Waals surface area contributed by atoms with E-state index < -0.39 is 8.07 Å². The first-order valence-corrected chi connectivity index (χ1v) is 8.61. The van der Waals surface area contributed by atoms with E-state index in [2.05, 4.69) is 59.5 Å². The molecule has 0 bridgehead atoms. The normalized spacial score (nSPS) is 11.4. The summed E-state index contributed by atoms with van der Waals surface area (Å²) < 4.78 is 0. The van der Waals surface area contributed by atoms with Crippen molar-refractivity contribution in [1.29, 1.82) is 0 Å². The maximum atomic E-state index is 2.43. The van der Waals surface area contributed by atoms with Gasteiger partial charge in [-0.05, 0) is 33.2 Å². The lowest BCUT2D eigenvalue weighted by molar-refractivity contribution is 1.17. The number of hydrogen-bond donors (Lipinski definition) is 0. The standard InChI is InChI=1S/C12H24Si/c1-10(2)8-12(9-11(3)4)13(5,6)7/h8-9,12H,1-7H3. The summed E-state index contributed by atoms with van der Waals surface area (Å²) in [4.78, 5) is 0. The fourth-order valence-corrected chi connectivity index (χ4v) is 2.93. The van der Waals surface area contributed by atoms with Crippen LogP contribution in [-0.4, -0.2) is 8.07 Å². The molecule has 0 radical (unpaired) electrons. The van der Waals surface area contributed by atoms with E-state index in [-0.39, 0.29) is 0 Å². The Hall–Kier alpha value is -0.303. The Labute approximate surface area is 84.8 Å². The zero-order chi connectivity index (χ0) is 10.6. The van der Waals surface area contributed by atoms with E-state index in [1.807, 2.05) is 0 Å². The molecule has 1 heteroatoms. The van der Waals surface area contributed by atoms with Crippen LogP contribution in [0.3, 0.4) is 0 Å². The van der Waals surface area contributed by atoms with E-state index in [9.17, 15) is 0 Å². The Bertz CT molecular complexity index is 190. The maximum Gasteiger partial charge on any atom is 0.0557 e. The lowest BCUT2D eigenvalue weighted by Crippen LogP contribution is -2.25. The first-order chi connectivity index (χ1) is 5.73. The summed E-state index contributed by atoms with van der Waals surface area (Å²) in [5.41, 5.74) is 3.57. The fourth-order valence-electron chi connectivity index (χ4n) is 1.27. The molecule has 0 saturated carbocycles. The molecule has 0 unspecified atom stereocenters. The summed E-state index contributed by atoms with van der Waals surface area (Å²) >= 11 is 0. The predicted molar refractivity (Wildman–Crippen MR) is 66.0 cm³/mol. The summed E-state index contributed by atoms with van der Waals surface area (Å²) in [6.45, 7) is 16.0. The van der Waals surface area contributed by atoms with E-state index >= 15 is 0 Å². The SMILES string of the molecule is CC(C)=CC(C=C(C)C)[Si](C)(C)C. The third-order valence-electron chi connectivity index (χ3n) is 2.03. The van der Waals surface area contributed by atoms with Crippen LogP contribution in [0.4, 0.5) is 0 Å². The molecule has 0 aromatic heterocycles. The molecule has 0 spiro atoms. The van der Waals surface area contributed by atoms with Gasteiger partial charge in [0.05, 0.1) is 8.07 Å². The van der Waals surface area contributed by atoms with Gasteiger partial charge in [0.2, 0.25) is 0 Å². The Morgan fingerprint density at radius 2 is 1.15 bits per heavy atom. The van der Waals surface area contributed by atoms with Gasteiger partial charge in [0, 0.05) is 0 Å². The highest BCUT2D eigenvalue weighted by molar-refractivity contribution is 6.78. The summed E-state index contributed by atoms with van der Waals surface area (Å²) in [5.74, 6) is 0. The second-order valence-corrected chi connectivity index (χ2v) is 10.8. The molecular weight excluding hydrogens is 172 g/mol. The molecule has 76 valence electrons. The van der Waals surface area contributed by atoms with Crippen LogP contribution in [0.25, 0.3) is 0 Å². The maximum absolute atomic E-state index is 2.43. The number of allylic oxidation sites excluding steroid dienone is 4. The molecule has 0 aromatic rings. The minimum atomic E-state index is -1.06. The Kier molecular flexibility index (Phi) is 4.69. The lowest BCUT2D eigenvalue weighted by Gasteiger charge is -2.24. The van der Waals surface area contributed by atoms with Gasteiger partial charge < -0.3 is 0 Å². The fraction of sp³-hybridized carbons (Fsp3) is 0.667. The van der Waals surface area contributed by atoms with Crippen molar-refractivity contribution in [3.8, 4) is 0 Å². The average Bonchev–Trinajstić information content (AvgIpc) is 1.81. The van der Waals surface area contributed by atoms with Crippen molar-refractivity contribution in [2.24, 2.45) is 0 Å². The zero-order valence-electron chi connectivity index (χ0n) is 10.2. The van der Waals surface area contributed by atoms with Crippen molar-refractivity contribution < 1.29 is 0 Å². The first kappa shape index (κ1) is 12.7. The third kappa shape index (κ3) is 5.86. The summed E-state index contributed by atoms with van der Waals surface area (Å²) in [5, 5.41) is 0. The molecule has 0 heterocycles. The average molecular weight is 196 g/mol. The number of rotatable bonds is 3. The lowest BCUT2D eigenvalue weighted by atomic mass is 10.2. The summed E-state index contributed by atoms with van der Waals surface area (Å²) in [6.07, 6.45) is 4.83. The molecule has 0 aliphatic carbocycles. The molecule has 0 fully saturated rings. The molecule has 0 nitrogen and oxygen atoms in total. The third-order valence-corrected chi connectivity index (χ3v) is 4.36. The molecule has 13 heavy (non-hydrogen) atoms. The van der Waals surface area contributed by atoms with Crippen LogP contribution in [0, 0.1) is 0 Å². The largest absolute Gasteiger partial charge is 0.0817 e. The van der Waals surface area contributed by atoms with Crippen molar-refractivity contribution in [2.45, 2.75) is 52.9 Å². The quantitative estimate of drug-likeness (QED) is 0.456. The Morgan fingerprint density at radius 3 is 1.31 bits per heavy atom. The minimum Gasteiger partial charge on any atom is -0.0817 e. The highest BCUT2D eigenvalue weighted by Gasteiger charge is 2.22. The van der Waals surface area contributed by atoms with E-state index in [4.69, 9.17) is 0 Å². The molecule has 0 rings (SSSR count). The van der Waals surface area contributed by atoms with Crippen molar-refractivity contribution in [3.63, 3.8) is 0 Å². The highest BCUT2D eigenvalue weighted by Crippen LogP contribution is 2.27. The van der Waals surface area contributed by atoms with Gasteiger partial charge in [-0.15, -0.1) is 0 Å². The van der Waals surface area contributed by atoms with Gasteiger partial charge in [-0.25, -0.2) is 0 Å². The van der Waals surface area contributed by atoms with Gasteiger partial charge in [-0.3, -0.25) is 0 Å². The van der Waals surface area contributed by atoms with Crippen LogP contribution in [-0.2, 0) is 0 Å². The molecule has 0 amide bonds. The van der Waals surface area contributed by atoms with Crippen LogP contribution in [0.15, 0.2) is 23.3 Å². The second-order valence-electron chi connectivity index (χ2n) is 5.38. The highest BCUT2D eigenvalue weighted by atomic mass is 28.3. The minimum absolute atomic E-state index is 0.697. The van der Waals surface area contributed by atoms with Gasteiger partial charge >= 0.3 is 0 Å². The van der Waals surface area contributed by atoms with Crippen LogP contribution >= 0.6 is 0 Å². The number of hydrogen-bond acceptors (Lipinski definition) is 0. The molecule has 0 saturated heterocycles. The molecular formula is C12H24Si. The van der Waals surface area contributed by atoms with Gasteiger partial charge in [0.25, 0.3) is 0 Å². The van der Waals surface area contributed by atoms with E-state index in [1.165, 1.54) is 11.1 Å². The van der Waals surface area contributed by atoms with Crippen molar-refractivity contribution in [1.82, 2.24) is 0 Å². The van der Waals surface area contributed by atoms with Gasteiger partial charge in [0.15, 0.2) is 0 Å². The first-order valence-electron chi connectivity index (χ1n) is 5.03. The van der Waals surface area contributed by atoms with Crippen LogP contribution in [0.1, 0.15) is 27.7 Å². The van der Waals surface area contributed by atoms with Gasteiger partial charge in [-0.1, -0.05) is 42.9 Å². The molecule has 0 aliphatic rings. The van der Waals surface area contributed by atoms with Crippen LogP contribution in [0.5, 0.6) is 0 Å². The molecule has 0 aromatic carbocycles. The van der Waals surface area contributed by atoms with Crippen molar-refractivity contribution in [2.75, 3.05) is 0 Å². The van der Waals surface area contributed by atoms with E-state index in [0.717, 1.165) is 0 Å². The van der Waals surface area contributed by atoms with Crippen LogP contribution in [0.2, 0.25) is 25.2 Å². The summed E-state index contributed by atoms with van der Waals surface area (Å²) in [7, 11) is -1.06. The monoisotopic (exact) mass is 196 g/mol. The predicted octanol–water partition coefficient (Wildman–Crippen LogP) is 4.63. The van der Waals surface area contributed by atoms with Gasteiger partial charge in [0.1, 0.15) is 0 Å². The smallest absolute Gasteiger partial charge is 0.0557 e. The van der Waals surface area contributed by atoms with Crippen LogP contribution < -0.4 is 0 Å². The molecule has 0 aliphatic heterocycles. The Morgan fingerprint density at radius 1 is 0.846 bits per heavy atom. The Balaban J connectivity index is 4.79. The van der Waals surface area contributed by atoms with E-state index in [1.54, 1.807) is 0 Å². The van der Waals surface area contributed by atoms with Crippen molar-refractivity contribution in [3.05, 3.63) is 23.3 Å². The second kappa shape index (κ2) is 4.80. The van der Waals surface area contributed by atoms with E-state index in [0.29, 0.717) is 5.54 Å². The zero-order valence-corrected chi connectivity index (χ0v) is 11.2. The molecule has 0 N–H and O–H groups in total. The molecule has 0 atom stereocenters.